The molecule has 4 aromatic rings. The molecule has 9 heteroatoms. The Morgan fingerprint density at radius 3 is 2.89 bits per heavy atom. The summed E-state index contributed by atoms with van der Waals surface area (Å²) in [6, 6.07) is 3.77. The number of rotatable bonds is 6. The number of alkyl halides is 2. The lowest BCUT2D eigenvalue weighted by Gasteiger charge is -2.10. The van der Waals surface area contributed by atoms with Crippen LogP contribution in [0, 0.1) is 0 Å². The van der Waals surface area contributed by atoms with E-state index in [1.54, 1.807) is 24.5 Å². The van der Waals surface area contributed by atoms with Crippen LogP contribution in [0.5, 0.6) is 0 Å². The van der Waals surface area contributed by atoms with Crippen LogP contribution in [0.15, 0.2) is 30.7 Å². The number of imidazole rings is 1. The zero-order chi connectivity index (χ0) is 19.0. The molecule has 27 heavy (non-hydrogen) atoms. The fourth-order valence-electron chi connectivity index (χ4n) is 2.84. The standard InChI is InChI=1S/C18H19F2N7/c1-3-10(2)24-18-23-8-12-11(7-22-17(12)25-18)14-4-5-16-21-9-15(13(20)6-19)27(16)26-14/h4-5,7-10,13H,3,6H2,1-2H3,(H2,22,23,24,25). The van der Waals surface area contributed by atoms with Gasteiger partial charge in [0, 0.05) is 29.4 Å². The zero-order valence-corrected chi connectivity index (χ0v) is 14.9. The second-order valence-electron chi connectivity index (χ2n) is 6.41. The Balaban J connectivity index is 1.75. The Morgan fingerprint density at radius 1 is 1.26 bits per heavy atom. The van der Waals surface area contributed by atoms with E-state index in [9.17, 15) is 8.78 Å². The van der Waals surface area contributed by atoms with Crippen LogP contribution in [0.1, 0.15) is 32.1 Å². The zero-order valence-electron chi connectivity index (χ0n) is 14.9. The predicted octanol–water partition coefficient (Wildman–Crippen LogP) is 3.86. The van der Waals surface area contributed by atoms with Crippen LogP contribution in [0.4, 0.5) is 14.7 Å². The van der Waals surface area contributed by atoms with Gasteiger partial charge in [0.2, 0.25) is 5.95 Å². The summed E-state index contributed by atoms with van der Waals surface area (Å²) in [5, 5.41) is 8.46. The first-order valence-corrected chi connectivity index (χ1v) is 8.76. The highest BCUT2D eigenvalue weighted by atomic mass is 19.2. The molecule has 0 spiro atoms. The second-order valence-corrected chi connectivity index (χ2v) is 6.41. The van der Waals surface area contributed by atoms with Gasteiger partial charge < -0.3 is 10.3 Å². The summed E-state index contributed by atoms with van der Waals surface area (Å²) >= 11 is 0. The molecule has 0 aliphatic rings. The average molecular weight is 371 g/mol. The van der Waals surface area contributed by atoms with Crippen LogP contribution in [0.3, 0.4) is 0 Å². The van der Waals surface area contributed by atoms with Crippen LogP contribution < -0.4 is 5.32 Å². The van der Waals surface area contributed by atoms with E-state index < -0.39 is 12.8 Å². The summed E-state index contributed by atoms with van der Waals surface area (Å²) in [5.41, 5.74) is 2.58. The molecule has 2 unspecified atom stereocenters. The highest BCUT2D eigenvalue weighted by Gasteiger charge is 2.17. The smallest absolute Gasteiger partial charge is 0.224 e. The van der Waals surface area contributed by atoms with Crippen molar-refractivity contribution >= 4 is 22.6 Å². The number of hydrogen-bond donors (Lipinski definition) is 2. The number of aromatic nitrogens is 6. The first-order valence-electron chi connectivity index (χ1n) is 8.76. The minimum atomic E-state index is -1.76. The summed E-state index contributed by atoms with van der Waals surface area (Å²) < 4.78 is 27.9. The van der Waals surface area contributed by atoms with Crippen molar-refractivity contribution in [3.63, 3.8) is 0 Å². The Bertz CT molecular complexity index is 1090. The Morgan fingerprint density at radius 2 is 2.11 bits per heavy atom. The Hall–Kier alpha value is -3.10. The molecular formula is C18H19F2N7. The molecule has 4 rings (SSSR count). The fourth-order valence-corrected chi connectivity index (χ4v) is 2.84. The molecule has 0 saturated heterocycles. The van der Waals surface area contributed by atoms with Gasteiger partial charge >= 0.3 is 0 Å². The molecule has 0 aliphatic carbocycles. The largest absolute Gasteiger partial charge is 0.352 e. The number of nitrogens with zero attached hydrogens (tertiary/aromatic N) is 5. The van der Waals surface area contributed by atoms with Crippen LogP contribution in [-0.4, -0.2) is 42.3 Å². The molecule has 4 heterocycles. The number of anilines is 1. The van der Waals surface area contributed by atoms with Gasteiger partial charge in [-0.1, -0.05) is 6.92 Å². The molecule has 7 nitrogen and oxygen atoms in total. The molecule has 2 N–H and O–H groups in total. The number of H-pyrrole nitrogens is 1. The minimum Gasteiger partial charge on any atom is -0.352 e. The van der Waals surface area contributed by atoms with E-state index in [0.717, 1.165) is 17.4 Å². The van der Waals surface area contributed by atoms with Gasteiger partial charge in [0.25, 0.3) is 0 Å². The van der Waals surface area contributed by atoms with Gasteiger partial charge in [0.05, 0.1) is 17.6 Å². The topological polar surface area (TPSA) is 83.8 Å². The van der Waals surface area contributed by atoms with Crippen molar-refractivity contribution in [1.29, 1.82) is 0 Å². The monoisotopic (exact) mass is 371 g/mol. The average Bonchev–Trinajstić information content (AvgIpc) is 3.30. The summed E-state index contributed by atoms with van der Waals surface area (Å²) in [5.74, 6) is 0.550. The summed E-state index contributed by atoms with van der Waals surface area (Å²) in [6.07, 6.45) is 4.01. The van der Waals surface area contributed by atoms with Crippen molar-refractivity contribution in [3.05, 3.63) is 36.4 Å². The Kier molecular flexibility index (Phi) is 4.43. The molecule has 0 saturated carbocycles. The van der Waals surface area contributed by atoms with Crippen molar-refractivity contribution in [1.82, 2.24) is 29.5 Å². The lowest BCUT2D eigenvalue weighted by Crippen LogP contribution is -2.15. The normalized spacial score (nSPS) is 13.9. The van der Waals surface area contributed by atoms with Gasteiger partial charge in [-0.15, -0.1) is 0 Å². The molecular weight excluding hydrogens is 352 g/mol. The number of aromatic amines is 1. The summed E-state index contributed by atoms with van der Waals surface area (Å²) in [4.78, 5) is 16.0. The highest BCUT2D eigenvalue weighted by molar-refractivity contribution is 5.92. The first-order chi connectivity index (χ1) is 13.1. The maximum atomic E-state index is 13.8. The Labute approximate surface area is 153 Å². The van der Waals surface area contributed by atoms with E-state index in [2.05, 4.69) is 44.2 Å². The van der Waals surface area contributed by atoms with Crippen molar-refractivity contribution in [2.45, 2.75) is 32.5 Å². The van der Waals surface area contributed by atoms with E-state index in [0.29, 0.717) is 22.9 Å². The maximum absolute atomic E-state index is 13.8. The molecule has 0 fully saturated rings. The number of hydrogen-bond acceptors (Lipinski definition) is 5. The molecule has 140 valence electrons. The predicted molar refractivity (Wildman–Crippen MR) is 99.1 cm³/mol. The third kappa shape index (κ3) is 3.09. The molecule has 0 aromatic carbocycles. The molecule has 0 amide bonds. The third-order valence-electron chi connectivity index (χ3n) is 4.54. The first kappa shape index (κ1) is 17.3. The van der Waals surface area contributed by atoms with Gasteiger partial charge in [0.15, 0.2) is 11.8 Å². The molecule has 2 atom stereocenters. The minimum absolute atomic E-state index is 0.0884. The van der Waals surface area contributed by atoms with Crippen molar-refractivity contribution in [3.8, 4) is 11.3 Å². The van der Waals surface area contributed by atoms with E-state index in [4.69, 9.17) is 0 Å². The third-order valence-corrected chi connectivity index (χ3v) is 4.54. The summed E-state index contributed by atoms with van der Waals surface area (Å²) in [6.45, 7) is 3.03. The molecule has 4 aromatic heterocycles. The van der Waals surface area contributed by atoms with Gasteiger partial charge in [-0.05, 0) is 25.5 Å². The summed E-state index contributed by atoms with van der Waals surface area (Å²) in [7, 11) is 0. The molecule has 0 aliphatic heterocycles. The maximum Gasteiger partial charge on any atom is 0.224 e. The fraction of sp³-hybridized carbons (Fsp3) is 0.333. The van der Waals surface area contributed by atoms with Gasteiger partial charge in [0.1, 0.15) is 12.3 Å². The number of fused-ring (bicyclic) bond motifs is 2. The SMILES string of the molecule is CCC(C)Nc1ncc2c(-c3ccc4ncc(C(F)CF)n4n3)c[nH]c2n1. The van der Waals surface area contributed by atoms with Gasteiger partial charge in [-0.2, -0.15) is 10.1 Å². The van der Waals surface area contributed by atoms with Crippen molar-refractivity contribution < 1.29 is 8.78 Å². The molecule has 0 radical (unpaired) electrons. The number of nitrogens with one attached hydrogen (secondary N) is 2. The lowest BCUT2D eigenvalue weighted by atomic mass is 10.2. The molecule has 0 bridgehead atoms. The quantitative estimate of drug-likeness (QED) is 0.538. The van der Waals surface area contributed by atoms with E-state index in [1.165, 1.54) is 10.7 Å². The van der Waals surface area contributed by atoms with Crippen LogP contribution in [0.2, 0.25) is 0 Å². The van der Waals surface area contributed by atoms with Crippen LogP contribution >= 0.6 is 0 Å². The van der Waals surface area contributed by atoms with Gasteiger partial charge in [-0.25, -0.2) is 23.3 Å². The second kappa shape index (κ2) is 6.90. The van der Waals surface area contributed by atoms with E-state index in [1.807, 2.05) is 0 Å². The van der Waals surface area contributed by atoms with Crippen molar-refractivity contribution in [2.24, 2.45) is 0 Å². The lowest BCUT2D eigenvalue weighted by molar-refractivity contribution is 0.258. The van der Waals surface area contributed by atoms with Crippen LogP contribution in [0.25, 0.3) is 27.9 Å². The highest BCUT2D eigenvalue weighted by Crippen LogP contribution is 2.27. The van der Waals surface area contributed by atoms with Crippen molar-refractivity contribution in [2.75, 3.05) is 12.0 Å². The van der Waals surface area contributed by atoms with E-state index in [-0.39, 0.29) is 11.7 Å². The van der Waals surface area contributed by atoms with Crippen LogP contribution in [-0.2, 0) is 0 Å². The number of halogens is 2. The van der Waals surface area contributed by atoms with E-state index >= 15 is 0 Å². The van der Waals surface area contributed by atoms with Gasteiger partial charge in [-0.3, -0.25) is 0 Å².